The van der Waals surface area contributed by atoms with E-state index in [1.54, 1.807) is 39.0 Å². The molecular weight excluding hydrogens is 428 g/mol. The summed E-state index contributed by atoms with van der Waals surface area (Å²) in [7, 11) is 1.29. The Kier molecular flexibility index (Phi) is 7.42. The number of nitrogens with zero attached hydrogens (tertiary/aromatic N) is 1. The van der Waals surface area contributed by atoms with E-state index < -0.39 is 29.9 Å². The van der Waals surface area contributed by atoms with Crippen molar-refractivity contribution in [2.45, 2.75) is 45.5 Å². The zero-order valence-electron chi connectivity index (χ0n) is 19.1. The fraction of sp³-hybridized carbons (Fsp3) is 0.375. The van der Waals surface area contributed by atoms with Crippen LogP contribution in [0.3, 0.4) is 0 Å². The Labute approximate surface area is 192 Å². The zero-order chi connectivity index (χ0) is 24.0. The molecule has 1 aliphatic rings. The predicted molar refractivity (Wildman–Crippen MR) is 121 cm³/mol. The molecule has 0 saturated carbocycles. The second-order valence-electron chi connectivity index (χ2n) is 8.48. The van der Waals surface area contributed by atoms with E-state index in [9.17, 15) is 14.4 Å². The van der Waals surface area contributed by atoms with Crippen LogP contribution in [0.15, 0.2) is 48.5 Å². The zero-order valence-corrected chi connectivity index (χ0v) is 19.1. The Hall–Kier alpha value is -3.75. The predicted octanol–water partition coefficient (Wildman–Crippen LogP) is 4.50. The van der Waals surface area contributed by atoms with Crippen molar-refractivity contribution in [3.63, 3.8) is 0 Å². The molecule has 9 nitrogen and oxygen atoms in total. The number of rotatable bonds is 5. The maximum atomic E-state index is 13.0. The number of esters is 1. The van der Waals surface area contributed by atoms with Gasteiger partial charge < -0.3 is 18.9 Å². The van der Waals surface area contributed by atoms with Crippen molar-refractivity contribution in [1.29, 1.82) is 0 Å². The van der Waals surface area contributed by atoms with Gasteiger partial charge in [0.15, 0.2) is 0 Å². The Morgan fingerprint density at radius 1 is 1.12 bits per heavy atom. The molecule has 0 unspecified atom stereocenters. The van der Waals surface area contributed by atoms with Gasteiger partial charge in [-0.15, -0.1) is 0 Å². The Morgan fingerprint density at radius 3 is 2.52 bits per heavy atom. The molecule has 1 heterocycles. The third-order valence-electron chi connectivity index (χ3n) is 4.62. The largest absolute Gasteiger partial charge is 0.486 e. The molecule has 0 fully saturated rings. The molecule has 2 aromatic rings. The number of nitrogens with one attached hydrogen (secondary N) is 1. The summed E-state index contributed by atoms with van der Waals surface area (Å²) in [4.78, 5) is 38.3. The minimum absolute atomic E-state index is 0.0314. The molecule has 0 radical (unpaired) electrons. The molecule has 176 valence electrons. The van der Waals surface area contributed by atoms with Crippen LogP contribution in [0.4, 0.5) is 21.0 Å². The van der Waals surface area contributed by atoms with Crippen LogP contribution in [0, 0.1) is 0 Å². The second kappa shape index (κ2) is 10.2. The molecular formula is C24H28N2O7. The maximum Gasteiger partial charge on any atom is 0.414 e. The molecule has 33 heavy (non-hydrogen) atoms. The van der Waals surface area contributed by atoms with Gasteiger partial charge in [-0.25, -0.2) is 9.59 Å². The minimum atomic E-state index is -0.657. The average molecular weight is 456 g/mol. The molecule has 0 aromatic heterocycles. The van der Waals surface area contributed by atoms with Crippen molar-refractivity contribution in [1.82, 2.24) is 0 Å². The number of methoxy groups -OCH3 is 1. The fourth-order valence-electron chi connectivity index (χ4n) is 3.19. The first kappa shape index (κ1) is 23.9. The van der Waals surface area contributed by atoms with Gasteiger partial charge in [-0.1, -0.05) is 30.3 Å². The smallest absolute Gasteiger partial charge is 0.414 e. The number of hydrogen-bond acceptors (Lipinski definition) is 7. The van der Waals surface area contributed by atoms with Crippen LogP contribution in [0.25, 0.3) is 0 Å². The monoisotopic (exact) mass is 456 g/mol. The first-order chi connectivity index (χ1) is 15.6. The number of carbonyl (C=O) groups excluding carboxylic acids is 3. The number of anilines is 2. The van der Waals surface area contributed by atoms with Gasteiger partial charge in [0.05, 0.1) is 25.8 Å². The van der Waals surface area contributed by atoms with Crippen molar-refractivity contribution < 1.29 is 33.3 Å². The molecule has 0 aliphatic carbocycles. The Bertz CT molecular complexity index is 1000. The number of carbonyl (C=O) groups is 3. The van der Waals surface area contributed by atoms with Gasteiger partial charge in [-0.2, -0.15) is 0 Å². The van der Waals surface area contributed by atoms with Gasteiger partial charge in [0.2, 0.25) is 0 Å². The van der Waals surface area contributed by atoms with Crippen LogP contribution in [0.5, 0.6) is 5.75 Å². The Morgan fingerprint density at radius 2 is 1.85 bits per heavy atom. The number of benzene rings is 2. The van der Waals surface area contributed by atoms with E-state index in [1.807, 2.05) is 30.3 Å². The summed E-state index contributed by atoms with van der Waals surface area (Å²) in [6.07, 6.45) is -1.87. The van der Waals surface area contributed by atoms with Crippen molar-refractivity contribution in [3.8, 4) is 5.75 Å². The lowest BCUT2D eigenvalue weighted by Crippen LogP contribution is -2.44. The van der Waals surface area contributed by atoms with Crippen LogP contribution in [-0.4, -0.2) is 43.5 Å². The standard InChI is InChI=1S/C24H28N2O7/c1-24(2,3)33-22(28)25-17-10-11-20-19(12-17)26(14-18(32-20)13-21(27)30-4)23(29)31-15-16-8-6-5-7-9-16/h5-12,18H,13-15H2,1-4H3,(H,25,28)/t18-/m0/s1. The lowest BCUT2D eigenvalue weighted by atomic mass is 10.1. The molecule has 1 atom stereocenters. The van der Waals surface area contributed by atoms with E-state index >= 15 is 0 Å². The third-order valence-corrected chi connectivity index (χ3v) is 4.62. The van der Waals surface area contributed by atoms with Gasteiger partial charge in [0, 0.05) is 5.69 Å². The van der Waals surface area contributed by atoms with E-state index in [1.165, 1.54) is 12.0 Å². The lowest BCUT2D eigenvalue weighted by molar-refractivity contribution is -0.142. The van der Waals surface area contributed by atoms with Crippen LogP contribution in [0.2, 0.25) is 0 Å². The number of amides is 2. The highest BCUT2D eigenvalue weighted by molar-refractivity contribution is 5.93. The maximum absolute atomic E-state index is 13.0. The normalized spacial score (nSPS) is 15.0. The van der Waals surface area contributed by atoms with Crippen molar-refractivity contribution in [3.05, 3.63) is 54.1 Å². The summed E-state index contributed by atoms with van der Waals surface area (Å²) in [5, 5.41) is 2.65. The summed E-state index contributed by atoms with van der Waals surface area (Å²) in [6.45, 7) is 5.45. The van der Waals surface area contributed by atoms with E-state index in [0.717, 1.165) is 5.56 Å². The quantitative estimate of drug-likeness (QED) is 0.522. The van der Waals surface area contributed by atoms with Gasteiger partial charge in [0.25, 0.3) is 0 Å². The third kappa shape index (κ3) is 6.86. The van der Waals surface area contributed by atoms with Gasteiger partial charge >= 0.3 is 18.2 Å². The van der Waals surface area contributed by atoms with Crippen LogP contribution in [0.1, 0.15) is 32.8 Å². The molecule has 2 amide bonds. The molecule has 9 heteroatoms. The van der Waals surface area contributed by atoms with Crippen LogP contribution < -0.4 is 15.0 Å². The summed E-state index contributed by atoms with van der Waals surface area (Å²) in [6, 6.07) is 14.1. The molecule has 2 aromatic carbocycles. The number of ether oxygens (including phenoxy) is 4. The van der Waals surface area contributed by atoms with Gasteiger partial charge in [0.1, 0.15) is 24.1 Å². The molecule has 3 rings (SSSR count). The summed E-state index contributed by atoms with van der Waals surface area (Å²) in [5.74, 6) is -0.0779. The first-order valence-corrected chi connectivity index (χ1v) is 10.5. The second-order valence-corrected chi connectivity index (χ2v) is 8.48. The van der Waals surface area contributed by atoms with Crippen molar-refractivity contribution in [2.24, 2.45) is 0 Å². The van der Waals surface area contributed by atoms with Crippen LogP contribution in [-0.2, 0) is 25.6 Å². The average Bonchev–Trinajstić information content (AvgIpc) is 2.76. The SMILES string of the molecule is COC(=O)C[C@H]1CN(C(=O)OCc2ccccc2)c2cc(NC(=O)OC(C)(C)C)ccc2O1. The van der Waals surface area contributed by atoms with E-state index in [2.05, 4.69) is 5.32 Å². The molecule has 0 saturated heterocycles. The van der Waals surface area contributed by atoms with Gasteiger partial charge in [-0.3, -0.25) is 15.0 Å². The number of hydrogen-bond donors (Lipinski definition) is 1. The molecule has 0 spiro atoms. The van der Waals surface area contributed by atoms with Crippen LogP contribution >= 0.6 is 0 Å². The summed E-state index contributed by atoms with van der Waals surface area (Å²) < 4.78 is 21.4. The summed E-state index contributed by atoms with van der Waals surface area (Å²) >= 11 is 0. The highest BCUT2D eigenvalue weighted by Gasteiger charge is 2.33. The molecule has 1 aliphatic heterocycles. The van der Waals surface area contributed by atoms with Crippen molar-refractivity contribution in [2.75, 3.05) is 23.9 Å². The topological polar surface area (TPSA) is 103 Å². The first-order valence-electron chi connectivity index (χ1n) is 10.5. The van der Waals surface area contributed by atoms with E-state index in [0.29, 0.717) is 17.1 Å². The molecule has 0 bridgehead atoms. The lowest BCUT2D eigenvalue weighted by Gasteiger charge is -2.34. The van der Waals surface area contributed by atoms with Crippen molar-refractivity contribution >= 4 is 29.5 Å². The number of fused-ring (bicyclic) bond motifs is 1. The highest BCUT2D eigenvalue weighted by Crippen LogP contribution is 2.37. The van der Waals surface area contributed by atoms with E-state index in [-0.39, 0.29) is 19.6 Å². The van der Waals surface area contributed by atoms with Gasteiger partial charge in [-0.05, 0) is 44.5 Å². The Balaban J connectivity index is 1.81. The highest BCUT2D eigenvalue weighted by atomic mass is 16.6. The summed E-state index contributed by atoms with van der Waals surface area (Å²) in [5.41, 5.74) is 1.00. The molecule has 1 N–H and O–H groups in total. The minimum Gasteiger partial charge on any atom is -0.486 e. The fourth-order valence-corrected chi connectivity index (χ4v) is 3.19. The van der Waals surface area contributed by atoms with E-state index in [4.69, 9.17) is 18.9 Å².